The van der Waals surface area contributed by atoms with E-state index in [1.165, 1.54) is 12.8 Å². The molecule has 0 saturated carbocycles. The normalized spacial score (nSPS) is 13.1. The van der Waals surface area contributed by atoms with Gasteiger partial charge in [-0.2, -0.15) is 0 Å². The molecule has 0 spiro atoms. The number of unbranched alkanes of at least 4 members (excludes halogenated alkanes) is 1. The Morgan fingerprint density at radius 3 is 0.933 bits per heavy atom. The highest BCUT2D eigenvalue weighted by Crippen LogP contribution is 2.29. The summed E-state index contributed by atoms with van der Waals surface area (Å²) in [6.45, 7) is 55.4. The van der Waals surface area contributed by atoms with E-state index in [4.69, 9.17) is 0 Å². The molecular formula is C65H130O10. The van der Waals surface area contributed by atoms with Crippen molar-refractivity contribution in [2.45, 2.75) is 277 Å². The van der Waals surface area contributed by atoms with Crippen LogP contribution < -0.4 is 0 Å². The van der Waals surface area contributed by atoms with Gasteiger partial charge in [-0.05, 0) is 91.8 Å². The van der Waals surface area contributed by atoms with Gasteiger partial charge < -0.3 is 47.9 Å². The van der Waals surface area contributed by atoms with Crippen molar-refractivity contribution in [3.63, 3.8) is 0 Å². The molecule has 0 aromatic rings. The van der Waals surface area contributed by atoms with Gasteiger partial charge in [-0.15, -0.1) is 0 Å². The molecule has 0 amide bonds. The molecule has 0 aliphatic carbocycles. The summed E-state index contributed by atoms with van der Waals surface area (Å²) in [4.78, 5) is 99.8. The number of carbonyl (C=O) groups is 10. The Morgan fingerprint density at radius 1 is 0.400 bits per heavy atom. The number of hydrogen-bond donors (Lipinski definition) is 0. The minimum atomic E-state index is 0.149. The zero-order chi connectivity index (χ0) is 61.8. The van der Waals surface area contributed by atoms with Crippen molar-refractivity contribution >= 4 is 62.9 Å². The molecular weight excluding hydrogens is 941 g/mol. The minimum absolute atomic E-state index is 0.149. The number of carbonyl (C=O) groups excluding carboxylic acids is 10. The van der Waals surface area contributed by atoms with E-state index >= 15 is 0 Å². The van der Waals surface area contributed by atoms with Crippen LogP contribution in [-0.4, -0.2) is 62.9 Å². The van der Waals surface area contributed by atoms with Gasteiger partial charge in [0.1, 0.15) is 62.9 Å². The highest BCUT2D eigenvalue weighted by atomic mass is 16.1. The molecule has 0 rings (SSSR count). The van der Waals surface area contributed by atoms with Crippen molar-refractivity contribution in [2.24, 2.45) is 81.3 Å². The van der Waals surface area contributed by atoms with E-state index in [1.807, 2.05) is 111 Å². The first-order valence-corrected chi connectivity index (χ1v) is 29.0. The maximum absolute atomic E-state index is 10.7. The first kappa shape index (κ1) is 94.1. The van der Waals surface area contributed by atoms with Gasteiger partial charge in [0.15, 0.2) is 0 Å². The van der Waals surface area contributed by atoms with Crippen LogP contribution in [0.5, 0.6) is 0 Å². The fraction of sp³-hybridized carbons (Fsp3) is 0.846. The molecule has 7 unspecified atom stereocenters. The number of rotatable bonds is 25. The third-order valence-electron chi connectivity index (χ3n) is 11.6. The summed E-state index contributed by atoms with van der Waals surface area (Å²) in [6.07, 6.45) is 24.0. The molecule has 75 heavy (non-hydrogen) atoms. The van der Waals surface area contributed by atoms with Crippen LogP contribution in [-0.2, 0) is 47.9 Å². The molecule has 10 nitrogen and oxygen atoms in total. The zero-order valence-electron chi connectivity index (χ0n) is 54.6. The molecule has 0 aromatic heterocycles. The monoisotopic (exact) mass is 1070 g/mol. The third kappa shape index (κ3) is 100. The van der Waals surface area contributed by atoms with Crippen molar-refractivity contribution in [1.82, 2.24) is 0 Å². The summed E-state index contributed by atoms with van der Waals surface area (Å²) < 4.78 is 0. The van der Waals surface area contributed by atoms with Crippen LogP contribution in [0.25, 0.3) is 0 Å². The Balaban J connectivity index is -0.0000000790. The summed E-state index contributed by atoms with van der Waals surface area (Å²) in [6, 6.07) is 0. The van der Waals surface area contributed by atoms with Crippen LogP contribution in [0.4, 0.5) is 0 Å². The standard InChI is InChI=1S/C11H22O.2C8H16O.4C6H12O.2C5H10O.C4H8O/c1-6-10(8-12)9(2)7-11(3,4)5;1-5-7(6-9)8(2,3)4;1-3-5-6-8(4-2)7-9;1-6(2,3)4-5-7;1-5(2)6(3)4-7;1-3-4-6(2)5-7;1-3-6(4-2)5-7;1-5(2)3-4-6;1-3-5(2)4-6;1-4(2)3-5/h8-10H,6-7H2,1-5H3;6-7H,5H2,1-4H3;7-8H,3-6H2,1-2H3;5H,4H2,1-3H3;4-6H,1-3H3;2*5-6H,3-4H2,1-2H3;2*4-5H,3H2,1-2H3;3-4H,1-2H3. The predicted octanol–water partition coefficient (Wildman–Crippen LogP) is 17.6. The average Bonchev–Trinajstić information content (AvgIpc) is 3.33. The molecule has 0 radical (unpaired) electrons. The Morgan fingerprint density at radius 2 is 0.840 bits per heavy atom. The van der Waals surface area contributed by atoms with Crippen molar-refractivity contribution < 1.29 is 47.9 Å². The second-order valence-electron chi connectivity index (χ2n) is 24.4. The predicted molar refractivity (Wildman–Crippen MR) is 324 cm³/mol. The SMILES string of the molecule is CC(C)(C)CC=O.CC(C)C(C)C=O.CC(C)C=O.CC(C)CC=O.CCC(C)C=O.CCC(C=O)C(C)(C)C.CCC(C=O)C(C)CC(C)(C)C.CCC(C=O)CC.CCCC(C)C=O.CCCCC(C=O)CC. The van der Waals surface area contributed by atoms with Gasteiger partial charge >= 0.3 is 0 Å². The van der Waals surface area contributed by atoms with Crippen LogP contribution in [0.2, 0.25) is 0 Å². The fourth-order valence-corrected chi connectivity index (χ4v) is 5.20. The molecule has 0 fully saturated rings. The smallest absolute Gasteiger partial charge is 0.123 e. The lowest BCUT2D eigenvalue weighted by atomic mass is 9.79. The second-order valence-corrected chi connectivity index (χ2v) is 24.4. The van der Waals surface area contributed by atoms with E-state index in [1.54, 1.807) is 0 Å². The molecule has 10 heteroatoms. The molecule has 450 valence electrons. The summed E-state index contributed by atoms with van der Waals surface area (Å²) in [5, 5.41) is 0. The van der Waals surface area contributed by atoms with Crippen LogP contribution in [0.15, 0.2) is 0 Å². The van der Waals surface area contributed by atoms with E-state index in [-0.39, 0.29) is 46.3 Å². The van der Waals surface area contributed by atoms with E-state index in [0.29, 0.717) is 47.8 Å². The summed E-state index contributed by atoms with van der Waals surface area (Å²) in [7, 11) is 0. The first-order valence-electron chi connectivity index (χ1n) is 29.0. The third-order valence-corrected chi connectivity index (χ3v) is 11.6. The van der Waals surface area contributed by atoms with Gasteiger partial charge in [0.25, 0.3) is 0 Å². The van der Waals surface area contributed by atoms with Crippen LogP contribution in [0, 0.1) is 81.3 Å². The molecule has 7 atom stereocenters. The van der Waals surface area contributed by atoms with Crippen molar-refractivity contribution in [3.8, 4) is 0 Å². The maximum atomic E-state index is 10.7. The average molecular weight is 1070 g/mol. The molecule has 0 N–H and O–H groups in total. The lowest BCUT2D eigenvalue weighted by molar-refractivity contribution is -0.114. The first-order chi connectivity index (χ1) is 34.5. The van der Waals surface area contributed by atoms with E-state index < -0.39 is 0 Å². The van der Waals surface area contributed by atoms with E-state index in [2.05, 4.69) is 76.2 Å². The Hall–Kier alpha value is -3.30. The Kier molecular flexibility index (Phi) is 83.9. The lowest BCUT2D eigenvalue weighted by Crippen LogP contribution is -2.20. The molecule has 0 aromatic carbocycles. The van der Waals surface area contributed by atoms with Crippen molar-refractivity contribution in [1.29, 1.82) is 0 Å². The van der Waals surface area contributed by atoms with E-state index in [9.17, 15) is 47.9 Å². The molecule has 0 aliphatic heterocycles. The molecule has 0 saturated heterocycles. The topological polar surface area (TPSA) is 171 Å². The van der Waals surface area contributed by atoms with Gasteiger partial charge in [0.05, 0.1) is 0 Å². The van der Waals surface area contributed by atoms with Crippen molar-refractivity contribution in [3.05, 3.63) is 0 Å². The van der Waals surface area contributed by atoms with Crippen LogP contribution in [0.1, 0.15) is 277 Å². The number of aldehydes is 10. The summed E-state index contributed by atoms with van der Waals surface area (Å²) in [5.74, 6) is 3.60. The fourth-order valence-electron chi connectivity index (χ4n) is 5.20. The molecule has 0 aliphatic rings. The summed E-state index contributed by atoms with van der Waals surface area (Å²) >= 11 is 0. The lowest BCUT2D eigenvalue weighted by Gasteiger charge is -2.26. The van der Waals surface area contributed by atoms with Gasteiger partial charge in [-0.25, -0.2) is 0 Å². The van der Waals surface area contributed by atoms with E-state index in [0.717, 1.165) is 127 Å². The van der Waals surface area contributed by atoms with Crippen LogP contribution >= 0.6 is 0 Å². The molecule has 0 heterocycles. The van der Waals surface area contributed by atoms with Crippen LogP contribution in [0.3, 0.4) is 0 Å². The summed E-state index contributed by atoms with van der Waals surface area (Å²) in [5.41, 5.74) is 0.675. The largest absolute Gasteiger partial charge is 0.303 e. The van der Waals surface area contributed by atoms with Gasteiger partial charge in [0, 0.05) is 60.2 Å². The Bertz CT molecular complexity index is 1230. The van der Waals surface area contributed by atoms with Gasteiger partial charge in [-0.3, -0.25) is 0 Å². The van der Waals surface area contributed by atoms with Gasteiger partial charge in [-0.1, -0.05) is 206 Å². The maximum Gasteiger partial charge on any atom is 0.123 e. The quantitative estimate of drug-likeness (QED) is 0.0802. The highest BCUT2D eigenvalue weighted by molar-refractivity contribution is 5.55. The molecule has 0 bridgehead atoms. The highest BCUT2D eigenvalue weighted by Gasteiger charge is 2.22. The zero-order valence-corrected chi connectivity index (χ0v) is 54.6. The number of hydrogen-bond acceptors (Lipinski definition) is 10. The second kappa shape index (κ2) is 66.8. The van der Waals surface area contributed by atoms with Crippen molar-refractivity contribution in [2.75, 3.05) is 0 Å². The Labute approximate surface area is 467 Å². The van der Waals surface area contributed by atoms with Gasteiger partial charge in [0.2, 0.25) is 0 Å². The minimum Gasteiger partial charge on any atom is -0.303 e.